The fourth-order valence-corrected chi connectivity index (χ4v) is 1.44. The highest BCUT2D eigenvalue weighted by molar-refractivity contribution is 4.98. The summed E-state index contributed by atoms with van der Waals surface area (Å²) >= 11 is 0. The van der Waals surface area contributed by atoms with Gasteiger partial charge in [0.05, 0.1) is 18.6 Å². The van der Waals surface area contributed by atoms with Gasteiger partial charge in [-0.15, -0.1) is 0 Å². The molecule has 0 amide bonds. The second kappa shape index (κ2) is 4.22. The van der Waals surface area contributed by atoms with E-state index < -0.39 is 0 Å². The summed E-state index contributed by atoms with van der Waals surface area (Å²) in [6, 6.07) is 0. The molecule has 2 N–H and O–H groups in total. The van der Waals surface area contributed by atoms with Gasteiger partial charge in [0, 0.05) is 19.3 Å². The number of nitrogens with zero attached hydrogens (tertiary/aromatic N) is 5. The van der Waals surface area contributed by atoms with Crippen molar-refractivity contribution in [1.82, 2.24) is 24.3 Å². The van der Waals surface area contributed by atoms with Crippen LogP contribution in [0.2, 0.25) is 0 Å². The molecule has 6 heteroatoms. The van der Waals surface area contributed by atoms with E-state index in [0.29, 0.717) is 13.1 Å². The maximum absolute atomic E-state index is 5.48. The highest BCUT2D eigenvalue weighted by Gasteiger charge is 2.04. The fourth-order valence-electron chi connectivity index (χ4n) is 1.44. The minimum atomic E-state index is 0.466. The molecule has 15 heavy (non-hydrogen) atoms. The highest BCUT2D eigenvalue weighted by atomic mass is 15.3. The van der Waals surface area contributed by atoms with E-state index >= 15 is 0 Å². The van der Waals surface area contributed by atoms with Crippen molar-refractivity contribution in [2.45, 2.75) is 26.6 Å². The van der Waals surface area contributed by atoms with Crippen molar-refractivity contribution >= 4 is 0 Å². The van der Waals surface area contributed by atoms with Crippen LogP contribution in [0.4, 0.5) is 0 Å². The smallest absolute Gasteiger partial charge is 0.146 e. The van der Waals surface area contributed by atoms with Gasteiger partial charge in [0.2, 0.25) is 0 Å². The molecular weight excluding hydrogens is 192 g/mol. The monoisotopic (exact) mass is 206 g/mol. The Morgan fingerprint density at radius 1 is 1.40 bits per heavy atom. The summed E-state index contributed by atoms with van der Waals surface area (Å²) in [6.07, 6.45) is 5.26. The second-order valence-corrected chi connectivity index (χ2v) is 3.23. The molecule has 0 saturated heterocycles. The van der Waals surface area contributed by atoms with Gasteiger partial charge in [-0.05, 0) is 6.92 Å². The van der Waals surface area contributed by atoms with E-state index in [1.807, 2.05) is 22.4 Å². The summed E-state index contributed by atoms with van der Waals surface area (Å²) in [5, 5.41) is 4.10. The van der Waals surface area contributed by atoms with Gasteiger partial charge < -0.3 is 10.3 Å². The van der Waals surface area contributed by atoms with Crippen molar-refractivity contribution in [3.63, 3.8) is 0 Å². The van der Waals surface area contributed by atoms with Crippen LogP contribution in [0.25, 0.3) is 0 Å². The Balaban J connectivity index is 2.14. The second-order valence-electron chi connectivity index (χ2n) is 3.23. The quantitative estimate of drug-likeness (QED) is 0.764. The van der Waals surface area contributed by atoms with E-state index in [1.165, 1.54) is 0 Å². The molecule has 0 spiro atoms. The average molecular weight is 206 g/mol. The Morgan fingerprint density at radius 2 is 2.27 bits per heavy atom. The molecule has 0 fully saturated rings. The summed E-state index contributed by atoms with van der Waals surface area (Å²) in [5.41, 5.74) is 6.37. The lowest BCUT2D eigenvalue weighted by Crippen LogP contribution is -2.07. The molecule has 0 aliphatic rings. The standard InChI is InChI=1S/C9H14N6/c1-2-15-9(11-6-13-15)5-14-4-8(3-10)12-7-14/h4,6-7H,2-3,5,10H2,1H3. The van der Waals surface area contributed by atoms with Gasteiger partial charge in [-0.3, -0.25) is 0 Å². The number of aryl methyl sites for hydroxylation is 1. The zero-order chi connectivity index (χ0) is 10.7. The maximum Gasteiger partial charge on any atom is 0.146 e. The third kappa shape index (κ3) is 2.04. The molecule has 0 radical (unpaired) electrons. The van der Waals surface area contributed by atoms with E-state index in [4.69, 9.17) is 5.73 Å². The molecule has 0 aliphatic carbocycles. The van der Waals surface area contributed by atoms with Crippen molar-refractivity contribution in [2.75, 3.05) is 0 Å². The van der Waals surface area contributed by atoms with Crippen LogP contribution in [0.1, 0.15) is 18.4 Å². The third-order valence-corrected chi connectivity index (χ3v) is 2.22. The summed E-state index contributed by atoms with van der Waals surface area (Å²) in [5.74, 6) is 0.929. The maximum atomic E-state index is 5.48. The van der Waals surface area contributed by atoms with E-state index in [2.05, 4.69) is 15.1 Å². The lowest BCUT2D eigenvalue weighted by Gasteiger charge is -2.02. The number of nitrogens with two attached hydrogens (primary N) is 1. The Kier molecular flexibility index (Phi) is 2.77. The van der Waals surface area contributed by atoms with Gasteiger partial charge in [-0.2, -0.15) is 5.10 Å². The minimum absolute atomic E-state index is 0.466. The largest absolute Gasteiger partial charge is 0.330 e. The number of rotatable bonds is 4. The molecular formula is C9H14N6. The summed E-state index contributed by atoms with van der Waals surface area (Å²) in [4.78, 5) is 8.34. The molecule has 80 valence electrons. The molecule has 2 aromatic heterocycles. The molecule has 2 aromatic rings. The molecule has 0 aromatic carbocycles. The summed E-state index contributed by atoms with van der Waals surface area (Å²) in [6.45, 7) is 4.01. The van der Waals surface area contributed by atoms with Crippen LogP contribution in [0.5, 0.6) is 0 Å². The first-order valence-corrected chi connectivity index (χ1v) is 4.91. The van der Waals surface area contributed by atoms with E-state index in [9.17, 15) is 0 Å². The molecule has 2 rings (SSSR count). The number of hydrogen-bond donors (Lipinski definition) is 1. The van der Waals surface area contributed by atoms with Crippen molar-refractivity contribution in [1.29, 1.82) is 0 Å². The Bertz CT molecular complexity index is 429. The predicted octanol–water partition coefficient (Wildman–Crippen LogP) is 0.00150. The number of hydrogen-bond acceptors (Lipinski definition) is 4. The number of imidazole rings is 1. The number of aromatic nitrogens is 5. The molecule has 0 bridgehead atoms. The summed E-state index contributed by atoms with van der Waals surface area (Å²) in [7, 11) is 0. The van der Waals surface area contributed by atoms with Gasteiger partial charge in [0.1, 0.15) is 12.2 Å². The van der Waals surface area contributed by atoms with Crippen LogP contribution in [0.15, 0.2) is 18.9 Å². The molecule has 0 saturated carbocycles. The normalized spacial score (nSPS) is 10.8. The predicted molar refractivity (Wildman–Crippen MR) is 54.9 cm³/mol. The van der Waals surface area contributed by atoms with Crippen LogP contribution < -0.4 is 5.73 Å². The average Bonchev–Trinajstić information content (AvgIpc) is 2.87. The van der Waals surface area contributed by atoms with E-state index in [0.717, 1.165) is 18.1 Å². The van der Waals surface area contributed by atoms with Crippen LogP contribution in [-0.4, -0.2) is 24.3 Å². The van der Waals surface area contributed by atoms with Crippen molar-refractivity contribution in [3.8, 4) is 0 Å². The van der Waals surface area contributed by atoms with Gasteiger partial charge in [-0.25, -0.2) is 14.6 Å². The third-order valence-electron chi connectivity index (χ3n) is 2.22. The zero-order valence-electron chi connectivity index (χ0n) is 8.67. The Morgan fingerprint density at radius 3 is 2.93 bits per heavy atom. The lowest BCUT2D eigenvalue weighted by molar-refractivity contribution is 0.591. The summed E-state index contributed by atoms with van der Waals surface area (Å²) < 4.78 is 3.82. The molecule has 0 atom stereocenters. The van der Waals surface area contributed by atoms with Gasteiger partial charge in [0.25, 0.3) is 0 Å². The van der Waals surface area contributed by atoms with Crippen LogP contribution in [0, 0.1) is 0 Å². The first kappa shape index (κ1) is 9.85. The van der Waals surface area contributed by atoms with Crippen LogP contribution >= 0.6 is 0 Å². The minimum Gasteiger partial charge on any atom is -0.330 e. The first-order chi connectivity index (χ1) is 7.33. The first-order valence-electron chi connectivity index (χ1n) is 4.91. The van der Waals surface area contributed by atoms with Crippen molar-refractivity contribution < 1.29 is 0 Å². The molecule has 6 nitrogen and oxygen atoms in total. The van der Waals surface area contributed by atoms with Crippen molar-refractivity contribution in [3.05, 3.63) is 30.4 Å². The van der Waals surface area contributed by atoms with E-state index in [-0.39, 0.29) is 0 Å². The van der Waals surface area contributed by atoms with E-state index in [1.54, 1.807) is 12.7 Å². The highest BCUT2D eigenvalue weighted by Crippen LogP contribution is 2.00. The molecule has 2 heterocycles. The van der Waals surface area contributed by atoms with Gasteiger partial charge >= 0.3 is 0 Å². The molecule has 0 aliphatic heterocycles. The Labute approximate surface area is 87.8 Å². The molecule has 0 unspecified atom stereocenters. The van der Waals surface area contributed by atoms with Crippen LogP contribution in [0.3, 0.4) is 0 Å². The SMILES string of the molecule is CCn1ncnc1Cn1cnc(CN)c1. The Hall–Kier alpha value is -1.69. The van der Waals surface area contributed by atoms with Gasteiger partial charge in [-0.1, -0.05) is 0 Å². The van der Waals surface area contributed by atoms with Gasteiger partial charge in [0.15, 0.2) is 0 Å². The zero-order valence-corrected chi connectivity index (χ0v) is 8.67. The van der Waals surface area contributed by atoms with Crippen LogP contribution in [-0.2, 0) is 19.6 Å². The fraction of sp³-hybridized carbons (Fsp3) is 0.444. The topological polar surface area (TPSA) is 74.5 Å². The lowest BCUT2D eigenvalue weighted by atomic mass is 10.5. The van der Waals surface area contributed by atoms with Crippen molar-refractivity contribution in [2.24, 2.45) is 5.73 Å².